The molecule has 3 aliphatic heterocycles. The largest absolute Gasteiger partial charge is 0.376 e. The van der Waals surface area contributed by atoms with E-state index in [1.54, 1.807) is 0 Å². The Morgan fingerprint density at radius 3 is 2.81 bits per heavy atom. The molecule has 0 aliphatic carbocycles. The molecule has 0 aromatic rings. The van der Waals surface area contributed by atoms with Gasteiger partial charge < -0.3 is 25.0 Å². The van der Waals surface area contributed by atoms with Crippen molar-refractivity contribution in [2.24, 2.45) is 5.92 Å². The average Bonchev–Trinajstić information content (AvgIpc) is 3.37. The second-order valence-electron chi connectivity index (χ2n) is 7.80. The number of carbonyl (C=O) groups excluding carboxylic acids is 2. The van der Waals surface area contributed by atoms with E-state index < -0.39 is 6.10 Å². The number of hydrogen-bond donors (Lipinski definition) is 2. The van der Waals surface area contributed by atoms with Gasteiger partial charge in [-0.05, 0) is 57.9 Å². The maximum Gasteiger partial charge on any atom is 0.251 e. The van der Waals surface area contributed by atoms with Gasteiger partial charge in [-0.2, -0.15) is 0 Å². The lowest BCUT2D eigenvalue weighted by molar-refractivity contribution is -0.146. The molecule has 156 valence electrons. The van der Waals surface area contributed by atoms with Gasteiger partial charge in [0.25, 0.3) is 5.91 Å². The molecule has 3 fully saturated rings. The summed E-state index contributed by atoms with van der Waals surface area (Å²) in [4.78, 5) is 26.7. The number of piperidine rings is 1. The van der Waals surface area contributed by atoms with E-state index in [0.717, 1.165) is 58.2 Å². The molecule has 7 nitrogen and oxygen atoms in total. The second-order valence-corrected chi connectivity index (χ2v) is 7.80. The number of likely N-dealkylation sites (tertiary alicyclic amines) is 1. The number of carbonyl (C=O) groups is 2. The van der Waals surface area contributed by atoms with Crippen LogP contribution in [0.5, 0.6) is 0 Å². The molecule has 0 saturated carbocycles. The molecule has 3 rings (SSSR count). The van der Waals surface area contributed by atoms with Gasteiger partial charge in [-0.25, -0.2) is 0 Å². The summed E-state index contributed by atoms with van der Waals surface area (Å²) in [5.41, 5.74) is 0. The molecule has 3 aliphatic rings. The first-order valence-corrected chi connectivity index (χ1v) is 10.2. The van der Waals surface area contributed by atoms with Gasteiger partial charge in [0.1, 0.15) is 6.10 Å². The van der Waals surface area contributed by atoms with Gasteiger partial charge in [0.15, 0.2) is 0 Å². The van der Waals surface area contributed by atoms with E-state index in [-0.39, 0.29) is 36.4 Å². The Labute approximate surface area is 168 Å². The highest BCUT2D eigenvalue weighted by Gasteiger charge is 2.29. The molecule has 4 atom stereocenters. The van der Waals surface area contributed by atoms with Gasteiger partial charge in [0.2, 0.25) is 5.91 Å². The van der Waals surface area contributed by atoms with E-state index in [4.69, 9.17) is 9.47 Å². The molecular weight excluding hydrogens is 370 g/mol. The predicted octanol–water partition coefficient (Wildman–Crippen LogP) is 1.10. The van der Waals surface area contributed by atoms with Crippen molar-refractivity contribution in [1.82, 2.24) is 15.5 Å². The van der Waals surface area contributed by atoms with E-state index in [0.29, 0.717) is 25.6 Å². The molecule has 3 heterocycles. The minimum atomic E-state index is -0.435. The van der Waals surface area contributed by atoms with Crippen LogP contribution in [0, 0.1) is 5.92 Å². The van der Waals surface area contributed by atoms with Gasteiger partial charge in [-0.15, -0.1) is 12.4 Å². The minimum absolute atomic E-state index is 0. The van der Waals surface area contributed by atoms with Crippen molar-refractivity contribution in [1.29, 1.82) is 0 Å². The normalized spacial score (nSPS) is 29.2. The molecule has 0 bridgehead atoms. The van der Waals surface area contributed by atoms with Crippen molar-refractivity contribution in [2.45, 2.75) is 63.7 Å². The summed E-state index contributed by atoms with van der Waals surface area (Å²) in [5.74, 6) is 0.471. The average molecular weight is 404 g/mol. The van der Waals surface area contributed by atoms with Crippen LogP contribution in [0.2, 0.25) is 0 Å². The maximum absolute atomic E-state index is 12.7. The highest BCUT2D eigenvalue weighted by Crippen LogP contribution is 2.18. The standard InChI is InChI=1S/C19H33N3O4.ClH/c1-14(26-13-16-6-4-10-25-16)19(24)22-9-3-5-15(12-22)11-21-18(23)17-7-2-8-20-17;/h14-17,20H,2-13H2,1H3,(H,21,23);1H. The van der Waals surface area contributed by atoms with E-state index in [2.05, 4.69) is 10.6 Å². The number of nitrogens with one attached hydrogen (secondary N) is 2. The lowest BCUT2D eigenvalue weighted by atomic mass is 9.97. The fourth-order valence-electron chi connectivity index (χ4n) is 4.06. The van der Waals surface area contributed by atoms with Crippen LogP contribution in [0.3, 0.4) is 0 Å². The summed E-state index contributed by atoms with van der Waals surface area (Å²) in [5, 5.41) is 6.28. The Balaban J connectivity index is 0.00000261. The first kappa shape index (κ1) is 22.4. The third kappa shape index (κ3) is 6.59. The van der Waals surface area contributed by atoms with Crippen LogP contribution in [0.1, 0.15) is 45.4 Å². The Hall–Kier alpha value is -0.890. The Kier molecular flexibility index (Phi) is 9.29. The van der Waals surface area contributed by atoms with Crippen LogP contribution in [0.25, 0.3) is 0 Å². The Morgan fingerprint density at radius 1 is 1.26 bits per heavy atom. The van der Waals surface area contributed by atoms with Gasteiger partial charge in [0, 0.05) is 26.2 Å². The SMILES string of the molecule is CC(OCC1CCCO1)C(=O)N1CCCC(CNC(=O)C2CCCN2)C1.Cl. The summed E-state index contributed by atoms with van der Waals surface area (Å²) in [6.07, 6.45) is 5.80. The monoisotopic (exact) mass is 403 g/mol. The highest BCUT2D eigenvalue weighted by molar-refractivity contribution is 5.85. The Bertz CT molecular complexity index is 482. The highest BCUT2D eigenvalue weighted by atomic mass is 35.5. The van der Waals surface area contributed by atoms with E-state index in [9.17, 15) is 9.59 Å². The first-order valence-electron chi connectivity index (χ1n) is 10.2. The molecule has 2 amide bonds. The molecule has 0 radical (unpaired) electrons. The predicted molar refractivity (Wildman–Crippen MR) is 105 cm³/mol. The fourth-order valence-corrected chi connectivity index (χ4v) is 4.06. The first-order chi connectivity index (χ1) is 12.6. The summed E-state index contributed by atoms with van der Waals surface area (Å²) in [6.45, 7) is 6.17. The maximum atomic E-state index is 12.7. The third-order valence-corrected chi connectivity index (χ3v) is 5.68. The topological polar surface area (TPSA) is 79.9 Å². The van der Waals surface area contributed by atoms with Crippen molar-refractivity contribution in [3.63, 3.8) is 0 Å². The molecule has 0 spiro atoms. The van der Waals surface area contributed by atoms with Crippen LogP contribution in [-0.2, 0) is 19.1 Å². The van der Waals surface area contributed by atoms with Crippen molar-refractivity contribution < 1.29 is 19.1 Å². The number of halogens is 1. The van der Waals surface area contributed by atoms with Crippen LogP contribution in [-0.4, -0.2) is 74.4 Å². The number of ether oxygens (including phenoxy) is 2. The molecular formula is C19H34ClN3O4. The van der Waals surface area contributed by atoms with Gasteiger partial charge in [0.05, 0.1) is 18.8 Å². The summed E-state index contributed by atoms with van der Waals surface area (Å²) >= 11 is 0. The van der Waals surface area contributed by atoms with Crippen LogP contribution >= 0.6 is 12.4 Å². The van der Waals surface area contributed by atoms with Crippen molar-refractivity contribution in [3.8, 4) is 0 Å². The molecule has 0 aromatic carbocycles. The van der Waals surface area contributed by atoms with Crippen LogP contribution in [0.15, 0.2) is 0 Å². The summed E-state index contributed by atoms with van der Waals surface area (Å²) < 4.78 is 11.3. The molecule has 2 N–H and O–H groups in total. The fraction of sp³-hybridized carbons (Fsp3) is 0.895. The summed E-state index contributed by atoms with van der Waals surface area (Å²) in [6, 6.07) is -0.0393. The Morgan fingerprint density at radius 2 is 2.11 bits per heavy atom. The second kappa shape index (κ2) is 11.2. The zero-order valence-electron chi connectivity index (χ0n) is 16.3. The van der Waals surface area contributed by atoms with Gasteiger partial charge in [-0.3, -0.25) is 9.59 Å². The number of amides is 2. The third-order valence-electron chi connectivity index (χ3n) is 5.68. The van der Waals surface area contributed by atoms with Crippen molar-refractivity contribution in [2.75, 3.05) is 39.4 Å². The zero-order valence-corrected chi connectivity index (χ0v) is 17.1. The molecule has 27 heavy (non-hydrogen) atoms. The number of hydrogen-bond acceptors (Lipinski definition) is 5. The van der Waals surface area contributed by atoms with Gasteiger partial charge >= 0.3 is 0 Å². The molecule has 4 unspecified atom stereocenters. The molecule has 8 heteroatoms. The number of rotatable bonds is 7. The van der Waals surface area contributed by atoms with E-state index in [1.807, 2.05) is 11.8 Å². The lowest BCUT2D eigenvalue weighted by Gasteiger charge is -2.34. The summed E-state index contributed by atoms with van der Waals surface area (Å²) in [7, 11) is 0. The van der Waals surface area contributed by atoms with Crippen LogP contribution in [0.4, 0.5) is 0 Å². The molecule has 0 aromatic heterocycles. The van der Waals surface area contributed by atoms with Gasteiger partial charge in [-0.1, -0.05) is 0 Å². The molecule has 3 saturated heterocycles. The lowest BCUT2D eigenvalue weighted by Crippen LogP contribution is -2.49. The van der Waals surface area contributed by atoms with Crippen LogP contribution < -0.4 is 10.6 Å². The van der Waals surface area contributed by atoms with E-state index in [1.165, 1.54) is 0 Å². The zero-order chi connectivity index (χ0) is 18.4. The smallest absolute Gasteiger partial charge is 0.251 e. The minimum Gasteiger partial charge on any atom is -0.376 e. The van der Waals surface area contributed by atoms with Crippen molar-refractivity contribution in [3.05, 3.63) is 0 Å². The van der Waals surface area contributed by atoms with E-state index >= 15 is 0 Å². The quantitative estimate of drug-likeness (QED) is 0.665. The number of nitrogens with zero attached hydrogens (tertiary/aromatic N) is 1. The van der Waals surface area contributed by atoms with Crippen molar-refractivity contribution >= 4 is 24.2 Å².